The number of carbonyl (C=O) groups excluding carboxylic acids is 2. The normalized spacial score (nSPS) is 36.7. The van der Waals surface area contributed by atoms with Crippen molar-refractivity contribution in [1.82, 2.24) is 10.0 Å². The van der Waals surface area contributed by atoms with Gasteiger partial charge < -0.3 is 10.4 Å². The van der Waals surface area contributed by atoms with Gasteiger partial charge >= 0.3 is 0 Å². The van der Waals surface area contributed by atoms with Gasteiger partial charge in [0.1, 0.15) is 5.54 Å². The Balaban J connectivity index is 1.71. The minimum atomic E-state index is -3.75. The third-order valence-electron chi connectivity index (χ3n) is 5.66. The minimum Gasteiger partial charge on any atom is -0.393 e. The van der Waals surface area contributed by atoms with Gasteiger partial charge in [-0.2, -0.15) is 0 Å². The van der Waals surface area contributed by atoms with Gasteiger partial charge in [-0.05, 0) is 45.4 Å². The van der Waals surface area contributed by atoms with Gasteiger partial charge in [-0.1, -0.05) is 6.08 Å². The van der Waals surface area contributed by atoms with Crippen molar-refractivity contribution in [3.05, 3.63) is 12.7 Å². The first-order valence-corrected chi connectivity index (χ1v) is 9.81. The van der Waals surface area contributed by atoms with E-state index in [-0.39, 0.29) is 17.7 Å². The van der Waals surface area contributed by atoms with Crippen LogP contribution >= 0.6 is 0 Å². The average molecular weight is 356 g/mol. The van der Waals surface area contributed by atoms with Crippen molar-refractivity contribution in [3.63, 3.8) is 0 Å². The van der Waals surface area contributed by atoms with Crippen LogP contribution in [0.15, 0.2) is 12.7 Å². The molecule has 3 rings (SSSR count). The Kier molecular flexibility index (Phi) is 4.03. The zero-order valence-electron chi connectivity index (χ0n) is 13.7. The van der Waals surface area contributed by atoms with Crippen LogP contribution in [0.3, 0.4) is 0 Å². The predicted octanol–water partition coefficient (Wildman–Crippen LogP) is 0.207. The number of sulfonamides is 1. The highest BCUT2D eigenvalue weighted by Crippen LogP contribution is 2.47. The van der Waals surface area contributed by atoms with Gasteiger partial charge in [-0.3, -0.25) is 14.3 Å². The van der Waals surface area contributed by atoms with E-state index in [0.29, 0.717) is 38.5 Å². The predicted molar refractivity (Wildman–Crippen MR) is 87.2 cm³/mol. The minimum absolute atomic E-state index is 0.282. The van der Waals surface area contributed by atoms with E-state index < -0.39 is 32.3 Å². The topological polar surface area (TPSA) is 113 Å². The maximum absolute atomic E-state index is 12.6. The molecule has 0 bridgehead atoms. The Morgan fingerprint density at radius 3 is 2.42 bits per heavy atom. The maximum Gasteiger partial charge on any atom is 0.259 e. The zero-order chi connectivity index (χ0) is 17.8. The Bertz CT molecular complexity index is 685. The number of carbonyl (C=O) groups is 2. The average Bonchev–Trinajstić information content (AvgIpc) is 3.37. The summed E-state index contributed by atoms with van der Waals surface area (Å²) in [5.41, 5.74) is -1.23. The summed E-state index contributed by atoms with van der Waals surface area (Å²) in [5.74, 6) is -1.61. The number of hydrogen-bond acceptors (Lipinski definition) is 5. The Labute approximate surface area is 141 Å². The molecular formula is C16H24N2O5S. The van der Waals surface area contributed by atoms with Crippen molar-refractivity contribution in [2.75, 3.05) is 0 Å². The Hall–Kier alpha value is -1.41. The SMILES string of the molecule is C=C[C@@H]1C[C@]1(NC(=O)[C@H]1CC[C@H](O)C1)C(=O)NS(=O)(=O)C1(C)CC1. The van der Waals surface area contributed by atoms with Crippen molar-refractivity contribution < 1.29 is 23.1 Å². The molecule has 0 unspecified atom stereocenters. The van der Waals surface area contributed by atoms with Crippen molar-refractivity contribution in [3.8, 4) is 0 Å². The fraction of sp³-hybridized carbons (Fsp3) is 0.750. The second-order valence-corrected chi connectivity index (χ2v) is 9.75. The van der Waals surface area contributed by atoms with Crippen LogP contribution in [0.1, 0.15) is 45.4 Å². The largest absolute Gasteiger partial charge is 0.393 e. The summed E-state index contributed by atoms with van der Waals surface area (Å²) in [4.78, 5) is 25.0. The lowest BCUT2D eigenvalue weighted by Crippen LogP contribution is -2.54. The zero-order valence-corrected chi connectivity index (χ0v) is 14.6. The number of aliphatic hydroxyl groups excluding tert-OH is 1. The van der Waals surface area contributed by atoms with E-state index in [9.17, 15) is 23.1 Å². The number of rotatable bonds is 6. The molecule has 3 fully saturated rings. The van der Waals surface area contributed by atoms with Crippen LogP contribution < -0.4 is 10.0 Å². The van der Waals surface area contributed by atoms with E-state index in [0.717, 1.165) is 0 Å². The standard InChI is InChI=1S/C16H24N2O5S/c1-3-11-9-16(11,17-13(20)10-4-5-12(19)8-10)14(21)18-24(22,23)15(2)6-7-15/h3,10-12,19H,1,4-9H2,2H3,(H,17,20)(H,18,21)/t10-,11+,12-,16+/m0/s1. The van der Waals surface area contributed by atoms with Gasteiger partial charge in [-0.25, -0.2) is 8.42 Å². The first kappa shape index (κ1) is 17.4. The Morgan fingerprint density at radius 2 is 1.96 bits per heavy atom. The lowest BCUT2D eigenvalue weighted by atomic mass is 10.1. The van der Waals surface area contributed by atoms with Gasteiger partial charge in [0, 0.05) is 11.8 Å². The van der Waals surface area contributed by atoms with Crippen LogP contribution in [0.4, 0.5) is 0 Å². The molecule has 7 nitrogen and oxygen atoms in total. The molecular weight excluding hydrogens is 332 g/mol. The lowest BCUT2D eigenvalue weighted by Gasteiger charge is -2.22. The summed E-state index contributed by atoms with van der Waals surface area (Å²) in [6.45, 7) is 5.26. The molecule has 3 aliphatic carbocycles. The second-order valence-electron chi connectivity index (χ2n) is 7.56. The van der Waals surface area contributed by atoms with Gasteiger partial charge in [0.15, 0.2) is 0 Å². The first-order valence-electron chi connectivity index (χ1n) is 8.33. The molecule has 4 atom stereocenters. The molecule has 0 aromatic rings. The summed E-state index contributed by atoms with van der Waals surface area (Å²) in [5, 5.41) is 12.3. The summed E-state index contributed by atoms with van der Waals surface area (Å²) < 4.78 is 25.8. The molecule has 2 amide bonds. The molecule has 0 aliphatic heterocycles. The monoisotopic (exact) mass is 356 g/mol. The maximum atomic E-state index is 12.6. The third-order valence-corrected chi connectivity index (χ3v) is 7.82. The Morgan fingerprint density at radius 1 is 1.29 bits per heavy atom. The summed E-state index contributed by atoms with van der Waals surface area (Å²) in [6.07, 6.45) is 3.98. The molecule has 0 spiro atoms. The van der Waals surface area contributed by atoms with Gasteiger partial charge in [0.25, 0.3) is 5.91 Å². The van der Waals surface area contributed by atoms with Crippen molar-refractivity contribution in [2.45, 2.75) is 61.8 Å². The number of nitrogens with one attached hydrogen (secondary N) is 2. The quantitative estimate of drug-likeness (QED) is 0.589. The molecule has 3 N–H and O–H groups in total. The molecule has 0 radical (unpaired) electrons. The molecule has 3 saturated carbocycles. The van der Waals surface area contributed by atoms with Gasteiger partial charge in [-0.15, -0.1) is 6.58 Å². The van der Waals surface area contributed by atoms with Crippen molar-refractivity contribution in [2.24, 2.45) is 11.8 Å². The van der Waals surface area contributed by atoms with E-state index in [4.69, 9.17) is 0 Å². The van der Waals surface area contributed by atoms with Crippen LogP contribution in [-0.4, -0.2) is 41.7 Å². The van der Waals surface area contributed by atoms with E-state index in [1.165, 1.54) is 0 Å². The number of amides is 2. The third kappa shape index (κ3) is 2.86. The van der Waals surface area contributed by atoms with E-state index in [1.54, 1.807) is 13.0 Å². The van der Waals surface area contributed by atoms with E-state index in [1.807, 2.05) is 0 Å². The van der Waals surface area contributed by atoms with Crippen LogP contribution in [0.2, 0.25) is 0 Å². The summed E-state index contributed by atoms with van der Waals surface area (Å²) in [7, 11) is -3.75. The highest BCUT2D eigenvalue weighted by Gasteiger charge is 2.62. The molecule has 8 heteroatoms. The second kappa shape index (κ2) is 5.56. The van der Waals surface area contributed by atoms with E-state index >= 15 is 0 Å². The smallest absolute Gasteiger partial charge is 0.259 e. The highest BCUT2D eigenvalue weighted by atomic mass is 32.2. The van der Waals surface area contributed by atoms with Gasteiger partial charge in [0.05, 0.1) is 10.9 Å². The molecule has 0 aromatic carbocycles. The van der Waals surface area contributed by atoms with Crippen LogP contribution in [0.5, 0.6) is 0 Å². The molecule has 134 valence electrons. The van der Waals surface area contributed by atoms with Crippen LogP contribution in [0, 0.1) is 11.8 Å². The van der Waals surface area contributed by atoms with E-state index in [2.05, 4.69) is 16.6 Å². The van der Waals surface area contributed by atoms with Gasteiger partial charge in [0.2, 0.25) is 15.9 Å². The number of aliphatic hydroxyl groups is 1. The molecule has 0 aromatic heterocycles. The molecule has 24 heavy (non-hydrogen) atoms. The molecule has 0 saturated heterocycles. The fourth-order valence-corrected chi connectivity index (χ4v) is 4.64. The van der Waals surface area contributed by atoms with Crippen molar-refractivity contribution in [1.29, 1.82) is 0 Å². The van der Waals surface area contributed by atoms with Crippen LogP contribution in [-0.2, 0) is 19.6 Å². The lowest BCUT2D eigenvalue weighted by molar-refractivity contribution is -0.131. The highest BCUT2D eigenvalue weighted by molar-refractivity contribution is 7.91. The molecule has 3 aliphatic rings. The van der Waals surface area contributed by atoms with Crippen LogP contribution in [0.25, 0.3) is 0 Å². The fourth-order valence-electron chi connectivity index (χ4n) is 3.33. The summed E-state index contributed by atoms with van der Waals surface area (Å²) in [6, 6.07) is 0. The number of hydrogen-bond donors (Lipinski definition) is 3. The molecule has 0 heterocycles. The summed E-state index contributed by atoms with van der Waals surface area (Å²) >= 11 is 0. The first-order chi connectivity index (χ1) is 11.1. The van der Waals surface area contributed by atoms with Crippen molar-refractivity contribution >= 4 is 21.8 Å².